The molecule has 4 nitrogen and oxygen atoms in total. The number of amides is 1. The van der Waals surface area contributed by atoms with Gasteiger partial charge in [0.1, 0.15) is 0 Å². The first-order valence-electron chi connectivity index (χ1n) is 8.84. The highest BCUT2D eigenvalue weighted by atomic mass is 35.5. The number of likely N-dealkylation sites (tertiary alicyclic amines) is 1. The van der Waals surface area contributed by atoms with E-state index in [0.717, 1.165) is 19.6 Å². The smallest absolute Gasteiger partial charge is 0.251 e. The summed E-state index contributed by atoms with van der Waals surface area (Å²) < 4.78 is 0. The van der Waals surface area contributed by atoms with Crippen molar-refractivity contribution in [2.75, 3.05) is 26.2 Å². The molecule has 138 valence electrons. The van der Waals surface area contributed by atoms with E-state index in [0.29, 0.717) is 39.4 Å². The summed E-state index contributed by atoms with van der Waals surface area (Å²) in [5, 5.41) is 3.91. The summed E-state index contributed by atoms with van der Waals surface area (Å²) in [6.45, 7) is 10.5. The van der Waals surface area contributed by atoms with Gasteiger partial charge >= 0.3 is 0 Å². The van der Waals surface area contributed by atoms with E-state index >= 15 is 0 Å². The van der Waals surface area contributed by atoms with E-state index in [4.69, 9.17) is 28.9 Å². The Kier molecular flexibility index (Phi) is 5.11. The third kappa shape index (κ3) is 4.30. The molecule has 1 aromatic carbocycles. The fourth-order valence-electron chi connectivity index (χ4n) is 3.88. The van der Waals surface area contributed by atoms with E-state index in [-0.39, 0.29) is 11.4 Å². The second kappa shape index (κ2) is 6.73. The number of hydrogen-bond donors (Lipinski definition) is 2. The number of carbonyl (C=O) groups is 1. The third-order valence-electron chi connectivity index (χ3n) is 5.49. The molecule has 3 atom stereocenters. The van der Waals surface area contributed by atoms with Crippen LogP contribution >= 0.6 is 23.2 Å². The number of carbonyl (C=O) groups excluding carboxylic acids is 1. The van der Waals surface area contributed by atoms with Gasteiger partial charge in [-0.3, -0.25) is 4.79 Å². The molecule has 1 saturated heterocycles. The maximum absolute atomic E-state index is 12.3. The minimum atomic E-state index is -0.150. The molecule has 3 rings (SSSR count). The maximum atomic E-state index is 12.3. The summed E-state index contributed by atoms with van der Waals surface area (Å²) in [5.74, 6) is 0.690. The Morgan fingerprint density at radius 1 is 1.32 bits per heavy atom. The van der Waals surface area contributed by atoms with Crippen molar-refractivity contribution in [3.05, 3.63) is 33.8 Å². The number of nitrogens with zero attached hydrogens (tertiary/aromatic N) is 1. The lowest BCUT2D eigenvalue weighted by atomic mass is 9.92. The number of fused-ring (bicyclic) bond motifs is 1. The summed E-state index contributed by atoms with van der Waals surface area (Å²) in [6.07, 6.45) is 1.17. The van der Waals surface area contributed by atoms with E-state index < -0.39 is 0 Å². The van der Waals surface area contributed by atoms with Crippen LogP contribution in [0.4, 0.5) is 0 Å². The van der Waals surface area contributed by atoms with Crippen molar-refractivity contribution >= 4 is 29.1 Å². The van der Waals surface area contributed by atoms with E-state index in [2.05, 4.69) is 31.0 Å². The Bertz CT molecular complexity index is 653. The Labute approximate surface area is 160 Å². The molecule has 0 radical (unpaired) electrons. The van der Waals surface area contributed by atoms with E-state index in [1.807, 2.05) is 0 Å². The summed E-state index contributed by atoms with van der Waals surface area (Å²) in [5.41, 5.74) is 7.26. The number of hydrogen-bond acceptors (Lipinski definition) is 3. The zero-order valence-electron chi connectivity index (χ0n) is 15.1. The molecular weight excluding hydrogens is 357 g/mol. The average molecular weight is 384 g/mol. The lowest BCUT2D eigenvalue weighted by Gasteiger charge is -2.26. The van der Waals surface area contributed by atoms with E-state index in [1.165, 1.54) is 6.42 Å². The Hall–Kier alpha value is -0.810. The van der Waals surface area contributed by atoms with Gasteiger partial charge in [-0.25, -0.2) is 0 Å². The number of nitrogens with two attached hydrogens (primary N) is 1. The zero-order chi connectivity index (χ0) is 18.4. The average Bonchev–Trinajstić information content (AvgIpc) is 2.85. The van der Waals surface area contributed by atoms with Gasteiger partial charge in [0.25, 0.3) is 5.91 Å². The van der Waals surface area contributed by atoms with Crippen LogP contribution in [0.25, 0.3) is 0 Å². The third-order valence-corrected chi connectivity index (χ3v) is 5.93. The zero-order valence-corrected chi connectivity index (χ0v) is 16.6. The van der Waals surface area contributed by atoms with Gasteiger partial charge in [-0.1, -0.05) is 44.0 Å². The van der Waals surface area contributed by atoms with Crippen molar-refractivity contribution in [3.63, 3.8) is 0 Å². The van der Waals surface area contributed by atoms with Crippen LogP contribution < -0.4 is 11.1 Å². The summed E-state index contributed by atoms with van der Waals surface area (Å²) in [7, 11) is 0. The molecule has 1 saturated carbocycles. The van der Waals surface area contributed by atoms with Crippen molar-refractivity contribution < 1.29 is 4.79 Å². The van der Waals surface area contributed by atoms with Gasteiger partial charge in [0.2, 0.25) is 0 Å². The minimum absolute atomic E-state index is 0.142. The van der Waals surface area contributed by atoms with Gasteiger partial charge < -0.3 is 16.0 Å². The van der Waals surface area contributed by atoms with Crippen LogP contribution in [0.1, 0.15) is 37.6 Å². The molecule has 1 amide bonds. The van der Waals surface area contributed by atoms with E-state index in [9.17, 15) is 4.79 Å². The SMILES string of the molecule is CC(C)(C)CCN1CC2C(CNC(=O)c3cc(Cl)cc(Cl)c3)C2(N)C1. The summed E-state index contributed by atoms with van der Waals surface area (Å²) in [6, 6.07) is 4.87. The van der Waals surface area contributed by atoms with Crippen molar-refractivity contribution in [1.29, 1.82) is 0 Å². The normalized spacial score (nSPS) is 28.7. The molecule has 6 heteroatoms. The highest BCUT2D eigenvalue weighted by Crippen LogP contribution is 2.53. The molecular formula is C19H27Cl2N3O. The summed E-state index contributed by atoms with van der Waals surface area (Å²) >= 11 is 11.9. The quantitative estimate of drug-likeness (QED) is 0.818. The molecule has 1 aliphatic carbocycles. The predicted molar refractivity (Wildman–Crippen MR) is 103 cm³/mol. The van der Waals surface area contributed by atoms with Crippen LogP contribution in [0.15, 0.2) is 18.2 Å². The molecule has 1 aromatic rings. The number of benzene rings is 1. The molecule has 0 spiro atoms. The number of piperidine rings is 1. The standard InChI is InChI=1S/C19H27Cl2N3O/c1-18(2,3)4-5-24-10-16-15(19(16,22)11-24)9-23-17(25)12-6-13(20)8-14(21)7-12/h6-8,15-16H,4-5,9-11,22H2,1-3H3,(H,23,25). The van der Waals surface area contributed by atoms with Crippen LogP contribution in [0.5, 0.6) is 0 Å². The van der Waals surface area contributed by atoms with Gasteiger partial charge in [-0.05, 0) is 42.5 Å². The Morgan fingerprint density at radius 2 is 1.96 bits per heavy atom. The minimum Gasteiger partial charge on any atom is -0.352 e. The molecule has 3 N–H and O–H groups in total. The first-order chi connectivity index (χ1) is 11.6. The molecule has 0 bridgehead atoms. The fraction of sp³-hybridized carbons (Fsp3) is 0.632. The van der Waals surface area contributed by atoms with Crippen LogP contribution in [0.3, 0.4) is 0 Å². The van der Waals surface area contributed by atoms with E-state index in [1.54, 1.807) is 18.2 Å². The molecule has 1 heterocycles. The van der Waals surface area contributed by atoms with Gasteiger partial charge in [0, 0.05) is 46.7 Å². The van der Waals surface area contributed by atoms with Crippen LogP contribution in [0, 0.1) is 17.3 Å². The van der Waals surface area contributed by atoms with Crippen molar-refractivity contribution in [2.45, 2.75) is 32.7 Å². The predicted octanol–water partition coefficient (Wildman–Crippen LogP) is 3.42. The fourth-order valence-corrected chi connectivity index (χ4v) is 4.40. The van der Waals surface area contributed by atoms with Crippen LogP contribution in [-0.2, 0) is 0 Å². The van der Waals surface area contributed by atoms with Crippen molar-refractivity contribution in [3.8, 4) is 0 Å². The monoisotopic (exact) mass is 383 g/mol. The largest absolute Gasteiger partial charge is 0.352 e. The maximum Gasteiger partial charge on any atom is 0.251 e. The lowest BCUT2D eigenvalue weighted by molar-refractivity contribution is 0.0948. The topological polar surface area (TPSA) is 58.4 Å². The van der Waals surface area contributed by atoms with Crippen LogP contribution in [-0.4, -0.2) is 42.5 Å². The van der Waals surface area contributed by atoms with Gasteiger partial charge in [-0.2, -0.15) is 0 Å². The highest BCUT2D eigenvalue weighted by Gasteiger charge is 2.66. The second-order valence-electron chi connectivity index (χ2n) is 8.74. The van der Waals surface area contributed by atoms with Gasteiger partial charge in [0.05, 0.1) is 0 Å². The van der Waals surface area contributed by atoms with Crippen molar-refractivity contribution in [2.24, 2.45) is 23.0 Å². The lowest BCUT2D eigenvalue weighted by Crippen LogP contribution is -2.40. The Morgan fingerprint density at radius 3 is 2.48 bits per heavy atom. The van der Waals surface area contributed by atoms with Gasteiger partial charge in [0.15, 0.2) is 0 Å². The number of halogens is 2. The Balaban J connectivity index is 1.48. The molecule has 25 heavy (non-hydrogen) atoms. The van der Waals surface area contributed by atoms with Crippen molar-refractivity contribution in [1.82, 2.24) is 10.2 Å². The highest BCUT2D eigenvalue weighted by molar-refractivity contribution is 6.35. The number of rotatable bonds is 5. The molecule has 0 aromatic heterocycles. The molecule has 1 aliphatic heterocycles. The molecule has 3 unspecified atom stereocenters. The first kappa shape index (κ1) is 19.0. The number of nitrogens with one attached hydrogen (secondary N) is 1. The van der Waals surface area contributed by atoms with Crippen LogP contribution in [0.2, 0.25) is 10.0 Å². The van der Waals surface area contributed by atoms with Gasteiger partial charge in [-0.15, -0.1) is 0 Å². The first-order valence-corrected chi connectivity index (χ1v) is 9.60. The molecule has 2 fully saturated rings. The molecule has 2 aliphatic rings. The summed E-state index contributed by atoms with van der Waals surface area (Å²) in [4.78, 5) is 14.8. The second-order valence-corrected chi connectivity index (χ2v) is 9.61.